The van der Waals surface area contributed by atoms with Crippen molar-refractivity contribution < 1.29 is 4.79 Å². The van der Waals surface area contributed by atoms with Gasteiger partial charge in [0, 0.05) is 12.1 Å². The molecule has 94 valence electrons. The van der Waals surface area contributed by atoms with Crippen LogP contribution in [-0.4, -0.2) is 15.9 Å². The molecule has 0 saturated carbocycles. The van der Waals surface area contributed by atoms with Crippen molar-refractivity contribution in [1.82, 2.24) is 9.97 Å². The second kappa shape index (κ2) is 4.87. The summed E-state index contributed by atoms with van der Waals surface area (Å²) in [5.74, 6) is -0.0800. The minimum atomic E-state index is -0.709. The zero-order valence-corrected chi connectivity index (χ0v) is 9.87. The summed E-state index contributed by atoms with van der Waals surface area (Å²) < 4.78 is 0. The predicted molar refractivity (Wildman–Crippen MR) is 68.7 cm³/mol. The largest absolute Gasteiger partial charge is 0.326 e. The zero-order valence-electron chi connectivity index (χ0n) is 9.87. The molecule has 2 rings (SSSR count). The monoisotopic (exact) mass is 247 g/mol. The number of carbonyl (C=O) groups is 1. The molecule has 0 saturated heterocycles. The number of anilines is 1. The van der Waals surface area contributed by atoms with Gasteiger partial charge in [0.2, 0.25) is 5.91 Å². The van der Waals surface area contributed by atoms with Gasteiger partial charge in [-0.25, -0.2) is 0 Å². The van der Waals surface area contributed by atoms with Crippen molar-refractivity contribution in [2.45, 2.75) is 19.8 Å². The molecule has 3 N–H and O–H groups in total. The quantitative estimate of drug-likeness (QED) is 0.705. The highest BCUT2D eigenvalue weighted by molar-refractivity contribution is 5.92. The Bertz CT molecular complexity index is 700. The highest BCUT2D eigenvalue weighted by Gasteiger charge is 2.03. The molecular formula is C12H13N3O3. The Labute approximate surface area is 102 Å². The molecule has 0 atom stereocenters. The third-order valence-electron chi connectivity index (χ3n) is 2.48. The first kappa shape index (κ1) is 12.1. The number of amides is 1. The predicted octanol–water partition coefficient (Wildman–Crippen LogP) is 0.955. The Morgan fingerprint density at radius 1 is 1.17 bits per heavy atom. The first-order chi connectivity index (χ1) is 8.60. The molecule has 0 aliphatic carbocycles. The average molecular weight is 247 g/mol. The van der Waals surface area contributed by atoms with Gasteiger partial charge in [-0.05, 0) is 24.6 Å². The van der Waals surface area contributed by atoms with Crippen LogP contribution in [0.2, 0.25) is 0 Å². The number of rotatable bonds is 3. The molecular weight excluding hydrogens is 234 g/mol. The number of nitrogens with one attached hydrogen (secondary N) is 3. The normalized spacial score (nSPS) is 10.5. The molecule has 0 aliphatic rings. The van der Waals surface area contributed by atoms with Crippen LogP contribution in [0.25, 0.3) is 11.0 Å². The van der Waals surface area contributed by atoms with E-state index in [0.29, 0.717) is 23.1 Å². The maximum Gasteiger partial charge on any atom is 0.314 e. The van der Waals surface area contributed by atoms with Gasteiger partial charge < -0.3 is 15.3 Å². The molecule has 0 bridgehead atoms. The topological polar surface area (TPSA) is 94.8 Å². The van der Waals surface area contributed by atoms with Crippen LogP contribution in [0.4, 0.5) is 5.69 Å². The van der Waals surface area contributed by atoms with Gasteiger partial charge in [0.1, 0.15) is 0 Å². The lowest BCUT2D eigenvalue weighted by atomic mass is 10.2. The summed E-state index contributed by atoms with van der Waals surface area (Å²) in [6.07, 6.45) is 1.21. The van der Waals surface area contributed by atoms with Crippen molar-refractivity contribution in [3.8, 4) is 0 Å². The van der Waals surface area contributed by atoms with E-state index in [4.69, 9.17) is 0 Å². The third kappa shape index (κ3) is 2.48. The Kier molecular flexibility index (Phi) is 3.27. The van der Waals surface area contributed by atoms with Gasteiger partial charge in [0.25, 0.3) is 0 Å². The molecule has 18 heavy (non-hydrogen) atoms. The number of H-pyrrole nitrogens is 2. The van der Waals surface area contributed by atoms with E-state index >= 15 is 0 Å². The summed E-state index contributed by atoms with van der Waals surface area (Å²) in [6.45, 7) is 1.92. The van der Waals surface area contributed by atoms with Gasteiger partial charge >= 0.3 is 11.1 Å². The van der Waals surface area contributed by atoms with Crippen LogP contribution in [0, 0.1) is 0 Å². The molecule has 6 nitrogen and oxygen atoms in total. The van der Waals surface area contributed by atoms with Crippen LogP contribution in [0.3, 0.4) is 0 Å². The van der Waals surface area contributed by atoms with Gasteiger partial charge in [-0.3, -0.25) is 14.4 Å². The molecule has 0 spiro atoms. The lowest BCUT2D eigenvalue weighted by molar-refractivity contribution is -0.116. The van der Waals surface area contributed by atoms with Crippen molar-refractivity contribution in [3.05, 3.63) is 38.9 Å². The van der Waals surface area contributed by atoms with E-state index in [0.717, 1.165) is 6.42 Å². The Balaban J connectivity index is 2.38. The van der Waals surface area contributed by atoms with E-state index < -0.39 is 11.1 Å². The summed E-state index contributed by atoms with van der Waals surface area (Å²) in [5.41, 5.74) is 0.190. The van der Waals surface area contributed by atoms with E-state index in [9.17, 15) is 14.4 Å². The fourth-order valence-electron chi connectivity index (χ4n) is 1.64. The Morgan fingerprint density at radius 3 is 2.50 bits per heavy atom. The molecule has 6 heteroatoms. The second-order valence-electron chi connectivity index (χ2n) is 3.97. The fraction of sp³-hybridized carbons (Fsp3) is 0.250. The third-order valence-corrected chi connectivity index (χ3v) is 2.48. The molecule has 1 aromatic heterocycles. The number of hydrogen-bond acceptors (Lipinski definition) is 3. The van der Waals surface area contributed by atoms with Gasteiger partial charge in [-0.15, -0.1) is 0 Å². The van der Waals surface area contributed by atoms with Crippen molar-refractivity contribution in [2.24, 2.45) is 0 Å². The Morgan fingerprint density at radius 2 is 1.83 bits per heavy atom. The molecule has 0 radical (unpaired) electrons. The highest BCUT2D eigenvalue weighted by Crippen LogP contribution is 2.14. The summed E-state index contributed by atoms with van der Waals surface area (Å²) in [4.78, 5) is 38.6. The van der Waals surface area contributed by atoms with Crippen LogP contribution >= 0.6 is 0 Å². The average Bonchev–Trinajstić information content (AvgIpc) is 2.31. The van der Waals surface area contributed by atoms with Gasteiger partial charge in [-0.1, -0.05) is 6.92 Å². The molecule has 1 aromatic carbocycles. The van der Waals surface area contributed by atoms with Crippen molar-refractivity contribution in [3.63, 3.8) is 0 Å². The highest BCUT2D eigenvalue weighted by atomic mass is 16.2. The second-order valence-corrected chi connectivity index (χ2v) is 3.97. The van der Waals surface area contributed by atoms with Crippen LogP contribution < -0.4 is 16.4 Å². The number of hydrogen-bond donors (Lipinski definition) is 3. The van der Waals surface area contributed by atoms with Crippen molar-refractivity contribution >= 4 is 22.6 Å². The molecule has 0 fully saturated rings. The van der Waals surface area contributed by atoms with E-state index in [1.165, 1.54) is 0 Å². The van der Waals surface area contributed by atoms with E-state index in [1.54, 1.807) is 18.2 Å². The van der Waals surface area contributed by atoms with Crippen LogP contribution in [0.15, 0.2) is 27.8 Å². The lowest BCUT2D eigenvalue weighted by Gasteiger charge is -2.05. The summed E-state index contributed by atoms with van der Waals surface area (Å²) in [6, 6.07) is 4.92. The van der Waals surface area contributed by atoms with Crippen LogP contribution in [0.1, 0.15) is 19.8 Å². The zero-order chi connectivity index (χ0) is 13.1. The smallest absolute Gasteiger partial charge is 0.314 e. The minimum absolute atomic E-state index is 0.0800. The SMILES string of the molecule is CCCC(=O)Nc1ccc2[nH]c(=O)c(=O)[nH]c2c1. The molecule has 0 unspecified atom stereocenters. The molecule has 1 amide bonds. The number of aromatic nitrogens is 2. The number of fused-ring (bicyclic) bond motifs is 1. The van der Waals surface area contributed by atoms with Crippen molar-refractivity contribution in [2.75, 3.05) is 5.32 Å². The number of benzene rings is 1. The fourth-order valence-corrected chi connectivity index (χ4v) is 1.64. The first-order valence-electron chi connectivity index (χ1n) is 5.66. The first-order valence-corrected chi connectivity index (χ1v) is 5.66. The van der Waals surface area contributed by atoms with E-state index in [-0.39, 0.29) is 5.91 Å². The maximum absolute atomic E-state index is 11.4. The van der Waals surface area contributed by atoms with Crippen molar-refractivity contribution in [1.29, 1.82) is 0 Å². The summed E-state index contributed by atoms with van der Waals surface area (Å²) >= 11 is 0. The van der Waals surface area contributed by atoms with Gasteiger partial charge in [0.05, 0.1) is 11.0 Å². The van der Waals surface area contributed by atoms with Crippen LogP contribution in [-0.2, 0) is 4.79 Å². The maximum atomic E-state index is 11.4. The van der Waals surface area contributed by atoms with Gasteiger partial charge in [-0.2, -0.15) is 0 Å². The van der Waals surface area contributed by atoms with E-state index in [1.807, 2.05) is 6.92 Å². The molecule has 0 aliphatic heterocycles. The van der Waals surface area contributed by atoms with Gasteiger partial charge in [0.15, 0.2) is 0 Å². The molecule has 1 heterocycles. The van der Waals surface area contributed by atoms with Crippen LogP contribution in [0.5, 0.6) is 0 Å². The summed E-state index contributed by atoms with van der Waals surface area (Å²) in [7, 11) is 0. The standard InChI is InChI=1S/C12H13N3O3/c1-2-3-10(16)13-7-4-5-8-9(6-7)15-12(18)11(17)14-8/h4-6H,2-3H2,1H3,(H,13,16)(H,14,17)(H,15,18). The number of carbonyl (C=O) groups excluding carboxylic acids is 1. The lowest BCUT2D eigenvalue weighted by Crippen LogP contribution is -2.28. The molecule has 2 aromatic rings. The minimum Gasteiger partial charge on any atom is -0.326 e. The Hall–Kier alpha value is -2.37. The summed E-state index contributed by atoms with van der Waals surface area (Å²) in [5, 5.41) is 2.72. The number of aromatic amines is 2. The van der Waals surface area contributed by atoms with E-state index in [2.05, 4.69) is 15.3 Å².